The zero-order valence-corrected chi connectivity index (χ0v) is 15.1. The molecular weight excluding hydrogens is 390 g/mol. The van der Waals surface area contributed by atoms with Crippen LogP contribution >= 0.6 is 27.3 Å². The van der Waals surface area contributed by atoms with Crippen LogP contribution < -0.4 is 5.56 Å². The summed E-state index contributed by atoms with van der Waals surface area (Å²) in [7, 11) is 0. The zero-order chi connectivity index (χ0) is 16.7. The molecule has 7 heteroatoms. The molecule has 0 radical (unpaired) electrons. The highest BCUT2D eigenvalue weighted by Gasteiger charge is 2.19. The van der Waals surface area contributed by atoms with Gasteiger partial charge < -0.3 is 5.11 Å². The summed E-state index contributed by atoms with van der Waals surface area (Å²) >= 11 is 4.97. The Kier molecular flexibility index (Phi) is 3.97. The van der Waals surface area contributed by atoms with Crippen LogP contribution in [0.2, 0.25) is 0 Å². The molecule has 3 aromatic rings. The van der Waals surface area contributed by atoms with Gasteiger partial charge in [-0.15, -0.1) is 11.3 Å². The van der Waals surface area contributed by atoms with Gasteiger partial charge in [-0.3, -0.25) is 4.79 Å². The van der Waals surface area contributed by atoms with Crippen LogP contribution in [-0.4, -0.2) is 21.0 Å². The Morgan fingerprint density at radius 2 is 2.17 bits per heavy atom. The second kappa shape index (κ2) is 6.14. The normalized spacial score (nSPS) is 14.4. The van der Waals surface area contributed by atoms with Crippen molar-refractivity contribution in [3.05, 3.63) is 55.4 Å². The molecular formula is C17H14BrN3O2S. The van der Waals surface area contributed by atoms with Gasteiger partial charge in [0.25, 0.3) is 5.56 Å². The fraction of sp³-hybridized carbons (Fsp3) is 0.235. The molecule has 2 heterocycles. The molecule has 0 saturated heterocycles. The highest BCUT2D eigenvalue weighted by atomic mass is 79.9. The molecule has 122 valence electrons. The van der Waals surface area contributed by atoms with Crippen LogP contribution in [0, 0.1) is 0 Å². The number of nitrogens with zero attached hydrogens (tertiary/aromatic N) is 3. The summed E-state index contributed by atoms with van der Waals surface area (Å²) in [5.41, 5.74) is 1.53. The lowest BCUT2D eigenvalue weighted by molar-refractivity contribution is 0.474. The van der Waals surface area contributed by atoms with Crippen molar-refractivity contribution in [1.29, 1.82) is 0 Å². The summed E-state index contributed by atoms with van der Waals surface area (Å²) < 4.78 is 2.07. The molecule has 1 aliphatic carbocycles. The minimum absolute atomic E-state index is 0.108. The van der Waals surface area contributed by atoms with Crippen LogP contribution in [0.3, 0.4) is 0 Å². The number of thiophene rings is 1. The quantitative estimate of drug-likeness (QED) is 0.663. The zero-order valence-electron chi connectivity index (χ0n) is 12.7. The second-order valence-electron chi connectivity index (χ2n) is 5.73. The maximum Gasteiger partial charge on any atom is 0.282 e. The van der Waals surface area contributed by atoms with E-state index in [0.717, 1.165) is 34.1 Å². The van der Waals surface area contributed by atoms with Crippen LogP contribution in [-0.2, 0) is 12.8 Å². The molecule has 4 rings (SSSR count). The predicted octanol–water partition coefficient (Wildman–Crippen LogP) is 3.69. The summed E-state index contributed by atoms with van der Waals surface area (Å²) in [5.74, 6) is 0.108. The lowest BCUT2D eigenvalue weighted by atomic mass is 9.97. The van der Waals surface area contributed by atoms with Crippen molar-refractivity contribution in [2.45, 2.75) is 25.7 Å². The molecule has 0 saturated carbocycles. The number of aryl methyl sites for hydroxylation is 2. The summed E-state index contributed by atoms with van der Waals surface area (Å²) in [6.07, 6.45) is 7.17. The highest BCUT2D eigenvalue weighted by Crippen LogP contribution is 2.33. The van der Waals surface area contributed by atoms with Crippen molar-refractivity contribution in [3.8, 4) is 5.75 Å². The molecule has 0 atom stereocenters. The number of phenolic OH excluding ortho intramolecular Hbond substituents is 1. The van der Waals surface area contributed by atoms with Crippen LogP contribution in [0.15, 0.2) is 38.9 Å². The van der Waals surface area contributed by atoms with Gasteiger partial charge in [-0.25, -0.2) is 4.98 Å². The van der Waals surface area contributed by atoms with Gasteiger partial charge in [-0.05, 0) is 49.4 Å². The molecule has 0 amide bonds. The van der Waals surface area contributed by atoms with Crippen LogP contribution in [0.1, 0.15) is 28.8 Å². The minimum atomic E-state index is -0.148. The van der Waals surface area contributed by atoms with Gasteiger partial charge in [0.1, 0.15) is 16.9 Å². The molecule has 1 aliphatic rings. The highest BCUT2D eigenvalue weighted by molar-refractivity contribution is 9.10. The summed E-state index contributed by atoms with van der Waals surface area (Å²) in [5, 5.41) is 14.8. The molecule has 0 unspecified atom stereocenters. The smallest absolute Gasteiger partial charge is 0.282 e. The van der Waals surface area contributed by atoms with E-state index < -0.39 is 0 Å². The van der Waals surface area contributed by atoms with Crippen molar-refractivity contribution in [3.63, 3.8) is 0 Å². The fourth-order valence-electron chi connectivity index (χ4n) is 2.97. The third-order valence-electron chi connectivity index (χ3n) is 4.17. The lowest BCUT2D eigenvalue weighted by Crippen LogP contribution is -2.18. The van der Waals surface area contributed by atoms with Crippen LogP contribution in [0.5, 0.6) is 5.75 Å². The van der Waals surface area contributed by atoms with E-state index in [9.17, 15) is 9.90 Å². The van der Waals surface area contributed by atoms with Gasteiger partial charge in [0, 0.05) is 14.9 Å². The van der Waals surface area contributed by atoms with Crippen molar-refractivity contribution in [1.82, 2.24) is 9.66 Å². The van der Waals surface area contributed by atoms with E-state index >= 15 is 0 Å². The van der Waals surface area contributed by atoms with Gasteiger partial charge in [0.05, 0.1) is 11.6 Å². The van der Waals surface area contributed by atoms with E-state index in [1.807, 2.05) is 0 Å². The molecule has 1 N–H and O–H groups in total. The average molecular weight is 404 g/mol. The largest absolute Gasteiger partial charge is 0.507 e. The number of fused-ring (bicyclic) bond motifs is 3. The third kappa shape index (κ3) is 2.67. The van der Waals surface area contributed by atoms with Gasteiger partial charge in [0.15, 0.2) is 0 Å². The second-order valence-corrected chi connectivity index (χ2v) is 7.73. The molecule has 1 aromatic carbocycles. The molecule has 0 spiro atoms. The van der Waals surface area contributed by atoms with Gasteiger partial charge in [0.2, 0.25) is 0 Å². The number of hydrogen-bond donors (Lipinski definition) is 1. The van der Waals surface area contributed by atoms with Gasteiger partial charge in [-0.2, -0.15) is 9.78 Å². The Labute approximate surface area is 150 Å². The van der Waals surface area contributed by atoms with Gasteiger partial charge >= 0.3 is 0 Å². The molecule has 5 nitrogen and oxygen atoms in total. The van der Waals surface area contributed by atoms with E-state index in [-0.39, 0.29) is 11.3 Å². The first-order chi connectivity index (χ1) is 11.6. The third-order valence-corrected chi connectivity index (χ3v) is 5.86. The monoisotopic (exact) mass is 403 g/mol. The van der Waals surface area contributed by atoms with E-state index in [2.05, 4.69) is 26.0 Å². The number of benzene rings is 1. The number of rotatable bonds is 2. The first-order valence-electron chi connectivity index (χ1n) is 7.68. The molecule has 0 fully saturated rings. The minimum Gasteiger partial charge on any atom is -0.507 e. The molecule has 0 bridgehead atoms. The van der Waals surface area contributed by atoms with Crippen molar-refractivity contribution in [2.24, 2.45) is 5.10 Å². The van der Waals surface area contributed by atoms with E-state index in [1.54, 1.807) is 29.5 Å². The topological polar surface area (TPSA) is 67.5 Å². The molecule has 24 heavy (non-hydrogen) atoms. The van der Waals surface area contributed by atoms with Crippen molar-refractivity contribution < 1.29 is 5.11 Å². The Bertz CT molecular complexity index is 1020. The van der Waals surface area contributed by atoms with Crippen LogP contribution in [0.25, 0.3) is 10.2 Å². The predicted molar refractivity (Wildman–Crippen MR) is 99.3 cm³/mol. The SMILES string of the molecule is O=c1c2c3c(sc2ncn1/N=C\c1cc(Br)ccc1O)CCCC3. The van der Waals surface area contributed by atoms with Crippen molar-refractivity contribution >= 4 is 43.7 Å². The van der Waals surface area contributed by atoms with E-state index in [4.69, 9.17) is 0 Å². The Balaban J connectivity index is 1.80. The maximum absolute atomic E-state index is 12.8. The average Bonchev–Trinajstić information content (AvgIpc) is 2.96. The van der Waals surface area contributed by atoms with Crippen LogP contribution in [0.4, 0.5) is 0 Å². The maximum atomic E-state index is 12.8. The number of halogens is 1. The lowest BCUT2D eigenvalue weighted by Gasteiger charge is -2.09. The Morgan fingerprint density at radius 1 is 1.33 bits per heavy atom. The number of phenols is 1. The number of aromatic nitrogens is 2. The van der Waals surface area contributed by atoms with Gasteiger partial charge in [-0.1, -0.05) is 15.9 Å². The fourth-order valence-corrected chi connectivity index (χ4v) is 4.57. The Hall–Kier alpha value is -1.99. The first kappa shape index (κ1) is 15.5. The number of hydrogen-bond acceptors (Lipinski definition) is 5. The van der Waals surface area contributed by atoms with E-state index in [0.29, 0.717) is 10.9 Å². The number of aromatic hydroxyl groups is 1. The summed E-state index contributed by atoms with van der Waals surface area (Å²) in [6.45, 7) is 0. The molecule has 2 aromatic heterocycles. The summed E-state index contributed by atoms with van der Waals surface area (Å²) in [4.78, 5) is 19.3. The summed E-state index contributed by atoms with van der Waals surface area (Å²) in [6, 6.07) is 5.05. The Morgan fingerprint density at radius 3 is 3.04 bits per heavy atom. The van der Waals surface area contributed by atoms with E-state index in [1.165, 1.54) is 28.5 Å². The van der Waals surface area contributed by atoms with Crippen molar-refractivity contribution in [2.75, 3.05) is 0 Å². The first-order valence-corrected chi connectivity index (χ1v) is 9.29. The molecule has 0 aliphatic heterocycles. The standard InChI is InChI=1S/C17H14BrN3O2S/c18-11-5-6-13(22)10(7-11)8-20-21-9-19-16-15(17(21)23)12-3-1-2-4-14(12)24-16/h5-9,22H,1-4H2/b20-8-.